The van der Waals surface area contributed by atoms with Crippen molar-refractivity contribution in [1.29, 1.82) is 21.0 Å². The van der Waals surface area contributed by atoms with Crippen LogP contribution >= 0.6 is 79.4 Å². The number of halogens is 4. The first-order valence-corrected chi connectivity index (χ1v) is 12.7. The standard InChI is InChI=1S/C5H4N2O.C4H4N2.C3H6I2.C3H6I.C3H7.C2H3ClO.2V/c1-4(8)5(2-6)3-7;1-4(2-5)3-6;1-2-3(4)5;1-2-3-4;1-3-2;1-2(3)4;;/h5H,1H3;4H,1H3;3H,2H2,1H3;3H,2H2,1H3;1,3H2,2H3;1H3;;/q;;;2*-1;;;. The fourth-order valence-corrected chi connectivity index (χ4v) is 0.240. The van der Waals surface area contributed by atoms with Crippen molar-refractivity contribution in [3.63, 3.8) is 0 Å². The van der Waals surface area contributed by atoms with Gasteiger partial charge in [0.25, 0.3) is 0 Å². The molecule has 0 unspecified atom stereocenters. The second-order valence-corrected chi connectivity index (χ2v) is 11.4. The smallest absolute Gasteiger partial charge is 0.218 e. The molecule has 0 aromatic rings. The Morgan fingerprint density at radius 2 is 1.19 bits per heavy atom. The molecule has 0 aliphatic rings. The van der Waals surface area contributed by atoms with Crippen LogP contribution in [0.4, 0.5) is 0 Å². The maximum atomic E-state index is 10.2. The van der Waals surface area contributed by atoms with Gasteiger partial charge in [0.1, 0.15) is 5.92 Å². The summed E-state index contributed by atoms with van der Waals surface area (Å²) >= 11 is 11.6. The molecule has 0 rings (SSSR count). The summed E-state index contributed by atoms with van der Waals surface area (Å²) in [7, 11) is 0. The van der Waals surface area contributed by atoms with E-state index >= 15 is 0 Å². The molecule has 0 atom stereocenters. The number of nitrogens with zero attached hydrogens (tertiary/aromatic N) is 4. The van der Waals surface area contributed by atoms with Gasteiger partial charge in [0.05, 0.1) is 26.2 Å². The van der Waals surface area contributed by atoms with Crippen LogP contribution in [0.5, 0.6) is 0 Å². The maximum Gasteiger partial charge on any atom is 0.218 e. The van der Waals surface area contributed by atoms with Crippen LogP contribution in [0.15, 0.2) is 0 Å². The van der Waals surface area contributed by atoms with Crippen molar-refractivity contribution >= 4 is 90.4 Å². The topological polar surface area (TPSA) is 129 Å². The summed E-state index contributed by atoms with van der Waals surface area (Å²) in [5.41, 5.74) is 0. The number of carbonyl (C=O) groups excluding carboxylic acids is 2. The minimum atomic E-state index is -1.07. The number of rotatable bonds is 3. The van der Waals surface area contributed by atoms with Crippen LogP contribution in [0.25, 0.3) is 0 Å². The largest absolute Gasteiger partial charge is 0.344 e. The predicted molar refractivity (Wildman–Crippen MR) is 149 cm³/mol. The monoisotopic (exact) mass is 876 g/mol. The average molecular weight is 877 g/mol. The second-order valence-electron chi connectivity index (χ2n) is 4.61. The number of carbonyl (C=O) groups is 2. The molecule has 0 spiro atoms. The van der Waals surface area contributed by atoms with Crippen molar-refractivity contribution in [3.8, 4) is 24.3 Å². The van der Waals surface area contributed by atoms with Crippen LogP contribution in [0.3, 0.4) is 0 Å². The zero-order valence-electron chi connectivity index (χ0n) is 19.1. The summed E-state index contributed by atoms with van der Waals surface area (Å²) in [6.07, 6.45) is 3.46. The molecule has 0 fully saturated rings. The normalized spacial score (nSPS) is 6.94. The Kier molecular flexibility index (Phi) is 90.1. The summed E-state index contributed by atoms with van der Waals surface area (Å²) in [4.78, 5) is 19.4. The molecule has 0 amide bonds. The first-order valence-electron chi connectivity index (χ1n) is 8.60. The van der Waals surface area contributed by atoms with E-state index < -0.39 is 17.6 Å². The molecule has 0 aliphatic carbocycles. The summed E-state index contributed by atoms with van der Waals surface area (Å²) in [6.45, 7) is 13.9. The molecular formula is C20H30ClI3N4O2V2-2. The Morgan fingerprint density at radius 3 is 1.19 bits per heavy atom. The Bertz CT molecular complexity index is 525. The first-order chi connectivity index (χ1) is 13.9. The van der Waals surface area contributed by atoms with E-state index in [2.05, 4.69) is 105 Å². The van der Waals surface area contributed by atoms with Crippen LogP contribution in [0, 0.1) is 68.5 Å². The molecule has 12 heteroatoms. The minimum Gasteiger partial charge on any atom is -0.344 e. The van der Waals surface area contributed by atoms with Crippen LogP contribution in [-0.2, 0) is 46.7 Å². The van der Waals surface area contributed by atoms with Crippen molar-refractivity contribution in [2.45, 2.75) is 62.7 Å². The molecule has 0 aliphatic heterocycles. The molecule has 32 heavy (non-hydrogen) atoms. The van der Waals surface area contributed by atoms with E-state index in [1.165, 1.54) is 26.7 Å². The van der Waals surface area contributed by atoms with Crippen molar-refractivity contribution in [3.05, 3.63) is 11.4 Å². The number of nitriles is 4. The Morgan fingerprint density at radius 1 is 0.969 bits per heavy atom. The summed E-state index contributed by atoms with van der Waals surface area (Å²) < 4.78 is 2.92. The zero-order chi connectivity index (χ0) is 25.5. The Labute approximate surface area is 265 Å². The van der Waals surface area contributed by atoms with Gasteiger partial charge in [-0.1, -0.05) is 66.0 Å². The number of Topliss-reactive ketones (excluding diaryl/α,β-unsaturated/α-hetero) is 1. The number of hydrogen-bond acceptors (Lipinski definition) is 6. The van der Waals surface area contributed by atoms with E-state index in [4.69, 9.17) is 21.0 Å². The number of alkyl halides is 2. The van der Waals surface area contributed by atoms with Gasteiger partial charge in [-0.25, -0.2) is 0 Å². The molecule has 182 valence electrons. The van der Waals surface area contributed by atoms with E-state index in [1.807, 2.05) is 6.92 Å². The van der Waals surface area contributed by atoms with Crippen LogP contribution in [-0.4, -0.2) is 13.0 Å². The van der Waals surface area contributed by atoms with E-state index in [0.717, 1.165) is 8.35 Å². The molecular weight excluding hydrogens is 846 g/mol. The third-order valence-electron chi connectivity index (χ3n) is 1.51. The predicted octanol–water partition coefficient (Wildman–Crippen LogP) is 7.49. The SMILES string of the molecule is CC(=O)C(C#N)C#N.CC(=O)Cl.CC(C#N)C#N.CCC(I)I.CC[CH-]I.[CH2-]CC.[V].[V]. The van der Waals surface area contributed by atoms with Gasteiger partial charge in [-0.3, -0.25) is 14.0 Å². The second kappa shape index (κ2) is 53.4. The van der Waals surface area contributed by atoms with Gasteiger partial charge in [0.2, 0.25) is 5.24 Å². The third kappa shape index (κ3) is 109. The molecule has 0 saturated carbocycles. The van der Waals surface area contributed by atoms with Gasteiger partial charge in [-0.15, -0.1) is 0 Å². The van der Waals surface area contributed by atoms with Gasteiger partial charge < -0.3 is 29.5 Å². The third-order valence-corrected chi connectivity index (χ3v) is 4.16. The zero-order valence-corrected chi connectivity index (χ0v) is 29.2. The molecule has 0 saturated heterocycles. The van der Waals surface area contributed by atoms with Crippen LogP contribution in [0.2, 0.25) is 0 Å². The van der Waals surface area contributed by atoms with Crippen LogP contribution in [0.1, 0.15) is 60.8 Å². The van der Waals surface area contributed by atoms with E-state index in [9.17, 15) is 9.59 Å². The van der Waals surface area contributed by atoms with E-state index in [0.29, 0.717) is 0 Å². The maximum absolute atomic E-state index is 10.2. The Balaban J connectivity index is -0.0000000366. The summed E-state index contributed by atoms with van der Waals surface area (Å²) in [5.74, 6) is -1.92. The van der Waals surface area contributed by atoms with Crippen molar-refractivity contribution < 1.29 is 46.7 Å². The Hall–Kier alpha value is 0.949. The van der Waals surface area contributed by atoms with Crippen molar-refractivity contribution in [2.75, 3.05) is 0 Å². The summed E-state index contributed by atoms with van der Waals surface area (Å²) in [5, 5.41) is 31.4. The molecule has 0 N–H and O–H groups in total. The molecule has 2 radical (unpaired) electrons. The summed E-state index contributed by atoms with van der Waals surface area (Å²) in [6, 6.07) is 6.59. The van der Waals surface area contributed by atoms with E-state index in [1.54, 1.807) is 31.2 Å². The molecule has 0 aromatic carbocycles. The molecule has 0 aromatic heterocycles. The van der Waals surface area contributed by atoms with E-state index in [-0.39, 0.29) is 42.4 Å². The molecule has 6 nitrogen and oxygen atoms in total. The fourth-order valence-electron chi connectivity index (χ4n) is 0.240. The van der Waals surface area contributed by atoms with Gasteiger partial charge >= 0.3 is 0 Å². The molecule has 0 bridgehead atoms. The molecule has 0 heterocycles. The minimum absolute atomic E-state index is 0. The van der Waals surface area contributed by atoms with Gasteiger partial charge in [0.15, 0.2) is 11.7 Å². The van der Waals surface area contributed by atoms with Gasteiger partial charge in [-0.2, -0.15) is 33.9 Å². The number of ketones is 1. The first kappa shape index (κ1) is 54.0. The van der Waals surface area contributed by atoms with Crippen molar-refractivity contribution in [1.82, 2.24) is 0 Å². The van der Waals surface area contributed by atoms with Gasteiger partial charge in [0, 0.05) is 44.0 Å². The van der Waals surface area contributed by atoms with Crippen LogP contribution < -0.4 is 0 Å². The number of hydrogen-bond donors (Lipinski definition) is 0. The van der Waals surface area contributed by atoms with Gasteiger partial charge in [-0.05, 0) is 31.9 Å². The fraction of sp³-hybridized carbons (Fsp3) is 0.600. The van der Waals surface area contributed by atoms with Crippen molar-refractivity contribution in [2.24, 2.45) is 11.8 Å². The quantitative estimate of drug-likeness (QED) is 0.125. The average Bonchev–Trinajstić information content (AvgIpc) is 2.69.